The molecular weight excluding hydrogens is 374 g/mol. The van der Waals surface area contributed by atoms with Crippen LogP contribution in [0.4, 0.5) is 14.5 Å². The third-order valence-corrected chi connectivity index (χ3v) is 3.71. The maximum atomic E-state index is 13.3. The molecule has 0 atom stereocenters. The SMILES string of the molecule is O=C(NCc1ccc(F)cc1)c1ccn(COc2cc(F)ccc2[N+](=O)[O-])n1. The van der Waals surface area contributed by atoms with E-state index >= 15 is 0 Å². The molecule has 8 nitrogen and oxygen atoms in total. The molecule has 2 aromatic carbocycles. The number of nitro benzene ring substituents is 1. The molecule has 0 spiro atoms. The van der Waals surface area contributed by atoms with Crippen molar-refractivity contribution in [2.75, 3.05) is 0 Å². The molecule has 1 N–H and O–H groups in total. The van der Waals surface area contributed by atoms with E-state index in [1.54, 1.807) is 12.1 Å². The fraction of sp³-hybridized carbons (Fsp3) is 0.111. The summed E-state index contributed by atoms with van der Waals surface area (Å²) in [6.07, 6.45) is 1.44. The molecule has 0 radical (unpaired) electrons. The van der Waals surface area contributed by atoms with Crippen molar-refractivity contribution in [2.45, 2.75) is 13.3 Å². The van der Waals surface area contributed by atoms with Gasteiger partial charge in [-0.15, -0.1) is 0 Å². The van der Waals surface area contributed by atoms with Crippen LogP contribution in [0.1, 0.15) is 16.1 Å². The summed E-state index contributed by atoms with van der Waals surface area (Å²) in [5, 5.41) is 17.6. The van der Waals surface area contributed by atoms with E-state index in [2.05, 4.69) is 10.4 Å². The van der Waals surface area contributed by atoms with Crippen molar-refractivity contribution < 1.29 is 23.2 Å². The molecule has 3 aromatic rings. The number of nitrogens with zero attached hydrogens (tertiary/aromatic N) is 3. The second-order valence-corrected chi connectivity index (χ2v) is 5.69. The molecule has 1 aromatic heterocycles. The Morgan fingerprint density at radius 2 is 1.86 bits per heavy atom. The van der Waals surface area contributed by atoms with Crippen LogP contribution in [0.5, 0.6) is 5.75 Å². The monoisotopic (exact) mass is 388 g/mol. The molecule has 0 aliphatic rings. The van der Waals surface area contributed by atoms with Crippen molar-refractivity contribution in [1.29, 1.82) is 0 Å². The molecule has 0 saturated carbocycles. The molecule has 144 valence electrons. The van der Waals surface area contributed by atoms with E-state index in [1.807, 2.05) is 0 Å². The number of hydrogen-bond acceptors (Lipinski definition) is 5. The van der Waals surface area contributed by atoms with E-state index in [0.29, 0.717) is 0 Å². The van der Waals surface area contributed by atoms with E-state index in [9.17, 15) is 23.7 Å². The smallest absolute Gasteiger partial charge is 0.311 e. The second-order valence-electron chi connectivity index (χ2n) is 5.69. The quantitative estimate of drug-likeness (QED) is 0.495. The summed E-state index contributed by atoms with van der Waals surface area (Å²) >= 11 is 0. The predicted molar refractivity (Wildman–Crippen MR) is 93.5 cm³/mol. The Hall–Kier alpha value is -3.82. The molecule has 0 unspecified atom stereocenters. The molecular formula is C18H14F2N4O4. The van der Waals surface area contributed by atoms with Gasteiger partial charge in [0.05, 0.1) is 4.92 Å². The van der Waals surface area contributed by atoms with Gasteiger partial charge in [-0.2, -0.15) is 5.10 Å². The average molecular weight is 388 g/mol. The zero-order chi connectivity index (χ0) is 20.1. The van der Waals surface area contributed by atoms with Crippen LogP contribution in [0.3, 0.4) is 0 Å². The van der Waals surface area contributed by atoms with Crippen molar-refractivity contribution in [1.82, 2.24) is 15.1 Å². The molecule has 0 bridgehead atoms. The predicted octanol–water partition coefficient (Wildman–Crippen LogP) is 3.04. The van der Waals surface area contributed by atoms with Crippen LogP contribution in [0.25, 0.3) is 0 Å². The third kappa shape index (κ3) is 4.67. The molecule has 1 heterocycles. The number of aromatic nitrogens is 2. The van der Waals surface area contributed by atoms with E-state index in [-0.39, 0.29) is 36.2 Å². The summed E-state index contributed by atoms with van der Waals surface area (Å²) < 4.78 is 32.7. The number of benzene rings is 2. The van der Waals surface area contributed by atoms with Gasteiger partial charge in [0, 0.05) is 24.9 Å². The van der Waals surface area contributed by atoms with Gasteiger partial charge in [0.2, 0.25) is 5.75 Å². The number of nitro groups is 1. The van der Waals surface area contributed by atoms with Gasteiger partial charge in [0.15, 0.2) is 6.73 Å². The minimum absolute atomic E-state index is 0.0967. The molecule has 0 saturated heterocycles. The average Bonchev–Trinajstić information content (AvgIpc) is 3.14. The maximum Gasteiger partial charge on any atom is 0.311 e. The highest BCUT2D eigenvalue weighted by molar-refractivity contribution is 5.92. The lowest BCUT2D eigenvalue weighted by molar-refractivity contribution is -0.386. The lowest BCUT2D eigenvalue weighted by Crippen LogP contribution is -2.23. The zero-order valence-electron chi connectivity index (χ0n) is 14.3. The summed E-state index contributed by atoms with van der Waals surface area (Å²) in [7, 11) is 0. The van der Waals surface area contributed by atoms with Crippen molar-refractivity contribution in [3.63, 3.8) is 0 Å². The Kier molecular flexibility index (Phi) is 5.58. The van der Waals surface area contributed by atoms with Crippen LogP contribution < -0.4 is 10.1 Å². The van der Waals surface area contributed by atoms with Crippen LogP contribution >= 0.6 is 0 Å². The van der Waals surface area contributed by atoms with E-state index in [1.165, 1.54) is 29.1 Å². The number of halogens is 2. The van der Waals surface area contributed by atoms with Gasteiger partial charge >= 0.3 is 5.69 Å². The third-order valence-electron chi connectivity index (χ3n) is 3.71. The minimum atomic E-state index is -0.688. The fourth-order valence-corrected chi connectivity index (χ4v) is 2.32. The van der Waals surface area contributed by atoms with Gasteiger partial charge in [-0.05, 0) is 29.8 Å². The first-order chi connectivity index (χ1) is 13.4. The van der Waals surface area contributed by atoms with Crippen molar-refractivity contribution >= 4 is 11.6 Å². The van der Waals surface area contributed by atoms with Crippen molar-refractivity contribution in [2.24, 2.45) is 0 Å². The minimum Gasteiger partial charge on any atom is -0.464 e. The Morgan fingerprint density at radius 3 is 2.57 bits per heavy atom. The van der Waals surface area contributed by atoms with E-state index in [0.717, 1.165) is 23.8 Å². The number of nitrogens with one attached hydrogen (secondary N) is 1. The second kappa shape index (κ2) is 8.25. The van der Waals surface area contributed by atoms with Gasteiger partial charge in [0.25, 0.3) is 5.91 Å². The summed E-state index contributed by atoms with van der Waals surface area (Å²) in [6, 6.07) is 9.98. The molecule has 3 rings (SSSR count). The topological polar surface area (TPSA) is 99.3 Å². The lowest BCUT2D eigenvalue weighted by atomic mass is 10.2. The van der Waals surface area contributed by atoms with E-state index in [4.69, 9.17) is 4.74 Å². The highest BCUT2D eigenvalue weighted by Gasteiger charge is 2.16. The highest BCUT2D eigenvalue weighted by atomic mass is 19.1. The Bertz CT molecular complexity index is 1010. The summed E-state index contributed by atoms with van der Waals surface area (Å²) in [6.45, 7) is -0.0620. The molecule has 0 aliphatic carbocycles. The van der Waals surface area contributed by atoms with Gasteiger partial charge in [-0.1, -0.05) is 12.1 Å². The maximum absolute atomic E-state index is 13.3. The van der Waals surface area contributed by atoms with Gasteiger partial charge in [-0.3, -0.25) is 14.9 Å². The van der Waals surface area contributed by atoms with Crippen LogP contribution in [-0.4, -0.2) is 20.6 Å². The normalized spacial score (nSPS) is 10.5. The summed E-state index contributed by atoms with van der Waals surface area (Å²) in [5.41, 5.74) is 0.432. The van der Waals surface area contributed by atoms with Crippen LogP contribution in [0.15, 0.2) is 54.7 Å². The largest absolute Gasteiger partial charge is 0.464 e. The molecule has 0 aliphatic heterocycles. The first kappa shape index (κ1) is 19.0. The Balaban J connectivity index is 1.59. The Morgan fingerprint density at radius 1 is 1.14 bits per heavy atom. The van der Waals surface area contributed by atoms with Gasteiger partial charge < -0.3 is 10.1 Å². The van der Waals surface area contributed by atoms with Gasteiger partial charge in [-0.25, -0.2) is 13.5 Å². The van der Waals surface area contributed by atoms with Gasteiger partial charge in [0.1, 0.15) is 17.3 Å². The van der Waals surface area contributed by atoms with Crippen LogP contribution in [0.2, 0.25) is 0 Å². The molecule has 28 heavy (non-hydrogen) atoms. The summed E-state index contributed by atoms with van der Waals surface area (Å²) in [4.78, 5) is 22.4. The zero-order valence-corrected chi connectivity index (χ0v) is 14.3. The Labute approximate surface area is 157 Å². The van der Waals surface area contributed by atoms with Crippen molar-refractivity contribution in [3.8, 4) is 5.75 Å². The van der Waals surface area contributed by atoms with Crippen molar-refractivity contribution in [3.05, 3.63) is 87.7 Å². The van der Waals surface area contributed by atoms with Crippen LogP contribution in [0, 0.1) is 21.7 Å². The number of carbonyl (C=O) groups excluding carboxylic acids is 1. The number of amides is 1. The summed E-state index contributed by atoms with van der Waals surface area (Å²) in [5.74, 6) is -1.75. The number of carbonyl (C=O) groups is 1. The fourth-order valence-electron chi connectivity index (χ4n) is 2.32. The highest BCUT2D eigenvalue weighted by Crippen LogP contribution is 2.27. The first-order valence-electron chi connectivity index (χ1n) is 8.05. The first-order valence-corrected chi connectivity index (χ1v) is 8.05. The molecule has 0 fully saturated rings. The standard InChI is InChI=1S/C18H14F2N4O4/c19-13-3-1-12(2-4-13)10-21-18(25)15-7-8-23(22-15)11-28-17-9-14(20)5-6-16(17)24(26)27/h1-9H,10-11H2,(H,21,25). The molecule has 1 amide bonds. The molecule has 10 heteroatoms. The van der Waals surface area contributed by atoms with E-state index < -0.39 is 16.6 Å². The number of hydrogen-bond donors (Lipinski definition) is 1. The van der Waals surface area contributed by atoms with Crippen LogP contribution in [-0.2, 0) is 13.3 Å². The lowest BCUT2D eigenvalue weighted by Gasteiger charge is -2.07. The number of ether oxygens (including phenoxy) is 1. The number of rotatable bonds is 7.